The number of aromatic nitrogens is 2. The molecule has 4 heteroatoms. The van der Waals surface area contributed by atoms with Gasteiger partial charge in [0.2, 0.25) is 0 Å². The second-order valence-electron chi connectivity index (χ2n) is 5.59. The maximum absolute atomic E-state index is 5.64. The second-order valence-corrected chi connectivity index (χ2v) is 5.59. The van der Waals surface area contributed by atoms with Gasteiger partial charge in [0, 0.05) is 18.7 Å². The van der Waals surface area contributed by atoms with Gasteiger partial charge in [0.25, 0.3) is 0 Å². The molecule has 0 spiro atoms. The number of rotatable bonds is 6. The zero-order valence-corrected chi connectivity index (χ0v) is 11.6. The summed E-state index contributed by atoms with van der Waals surface area (Å²) in [5.41, 5.74) is 4.09. The molecule has 1 aliphatic carbocycles. The molecular formula is C14H26N4. The average molecular weight is 250 g/mol. The van der Waals surface area contributed by atoms with Crippen LogP contribution in [0, 0.1) is 5.92 Å². The summed E-state index contributed by atoms with van der Waals surface area (Å²) in [7, 11) is 0. The van der Waals surface area contributed by atoms with E-state index < -0.39 is 0 Å². The Kier molecular flexibility index (Phi) is 4.78. The molecule has 1 aromatic heterocycles. The van der Waals surface area contributed by atoms with Gasteiger partial charge in [-0.1, -0.05) is 33.1 Å². The number of nitrogens with two attached hydrogens (primary N) is 1. The lowest BCUT2D eigenvalue weighted by Crippen LogP contribution is -2.41. The highest BCUT2D eigenvalue weighted by Crippen LogP contribution is 2.28. The first kappa shape index (κ1) is 13.6. The molecule has 1 aromatic rings. The predicted molar refractivity (Wildman–Crippen MR) is 74.0 cm³/mol. The summed E-state index contributed by atoms with van der Waals surface area (Å²) in [4.78, 5) is 0. The standard InChI is InChI=1S/C14H26N4/c1-3-11(2)14(16-15)10-12-8-9-18(17-12)13-6-4-5-7-13/h8-9,11,13-14,16H,3-7,10,15H2,1-2H3. The maximum Gasteiger partial charge on any atom is 0.0640 e. The highest BCUT2D eigenvalue weighted by molar-refractivity contribution is 5.03. The summed E-state index contributed by atoms with van der Waals surface area (Å²) < 4.78 is 2.16. The molecule has 0 saturated heterocycles. The predicted octanol–water partition coefficient (Wildman–Crippen LogP) is 2.42. The van der Waals surface area contributed by atoms with Crippen molar-refractivity contribution in [2.75, 3.05) is 0 Å². The molecule has 3 N–H and O–H groups in total. The average Bonchev–Trinajstić information content (AvgIpc) is 3.05. The zero-order chi connectivity index (χ0) is 13.0. The van der Waals surface area contributed by atoms with Crippen molar-refractivity contribution in [2.45, 2.75) is 64.5 Å². The van der Waals surface area contributed by atoms with Crippen LogP contribution in [0.3, 0.4) is 0 Å². The van der Waals surface area contributed by atoms with E-state index >= 15 is 0 Å². The van der Waals surface area contributed by atoms with Gasteiger partial charge >= 0.3 is 0 Å². The molecule has 1 heterocycles. The van der Waals surface area contributed by atoms with Gasteiger partial charge in [-0.15, -0.1) is 0 Å². The number of hydrazine groups is 1. The lowest BCUT2D eigenvalue weighted by Gasteiger charge is -2.21. The van der Waals surface area contributed by atoms with Crippen LogP contribution in [0.1, 0.15) is 57.7 Å². The minimum Gasteiger partial charge on any atom is -0.271 e. The first-order valence-electron chi connectivity index (χ1n) is 7.24. The zero-order valence-electron chi connectivity index (χ0n) is 11.6. The molecule has 1 saturated carbocycles. The van der Waals surface area contributed by atoms with Gasteiger partial charge in [0.1, 0.15) is 0 Å². The van der Waals surface area contributed by atoms with E-state index in [2.05, 4.69) is 36.2 Å². The fourth-order valence-corrected chi connectivity index (χ4v) is 2.79. The monoisotopic (exact) mass is 250 g/mol. The Morgan fingerprint density at radius 3 is 2.83 bits per heavy atom. The Morgan fingerprint density at radius 1 is 1.50 bits per heavy atom. The molecule has 1 fully saturated rings. The van der Waals surface area contributed by atoms with Gasteiger partial charge < -0.3 is 0 Å². The van der Waals surface area contributed by atoms with Crippen molar-refractivity contribution in [3.05, 3.63) is 18.0 Å². The van der Waals surface area contributed by atoms with E-state index in [4.69, 9.17) is 10.9 Å². The molecule has 0 bridgehead atoms. The molecule has 2 atom stereocenters. The van der Waals surface area contributed by atoms with Crippen LogP contribution in [0.15, 0.2) is 12.3 Å². The van der Waals surface area contributed by atoms with E-state index in [0.29, 0.717) is 18.0 Å². The first-order chi connectivity index (χ1) is 8.74. The van der Waals surface area contributed by atoms with Crippen LogP contribution in [0.5, 0.6) is 0 Å². The third-order valence-electron chi connectivity index (χ3n) is 4.34. The Morgan fingerprint density at radius 2 is 2.22 bits per heavy atom. The van der Waals surface area contributed by atoms with E-state index in [-0.39, 0.29) is 0 Å². The summed E-state index contributed by atoms with van der Waals surface area (Å²) in [5, 5.41) is 4.72. The molecule has 0 aliphatic heterocycles. The van der Waals surface area contributed by atoms with E-state index in [0.717, 1.165) is 18.5 Å². The molecule has 0 radical (unpaired) electrons. The molecule has 1 aliphatic rings. The van der Waals surface area contributed by atoms with Crippen molar-refractivity contribution >= 4 is 0 Å². The number of hydrogen-bond acceptors (Lipinski definition) is 3. The van der Waals surface area contributed by atoms with Gasteiger partial charge in [-0.3, -0.25) is 16.0 Å². The summed E-state index contributed by atoms with van der Waals surface area (Å²) in [5.74, 6) is 6.22. The fourth-order valence-electron chi connectivity index (χ4n) is 2.79. The van der Waals surface area contributed by atoms with Crippen LogP contribution in [-0.2, 0) is 6.42 Å². The highest BCUT2D eigenvalue weighted by Gasteiger charge is 2.19. The third-order valence-corrected chi connectivity index (χ3v) is 4.34. The van der Waals surface area contributed by atoms with Crippen LogP contribution in [0.2, 0.25) is 0 Å². The van der Waals surface area contributed by atoms with Crippen LogP contribution >= 0.6 is 0 Å². The van der Waals surface area contributed by atoms with Gasteiger partial charge in [-0.2, -0.15) is 5.10 Å². The van der Waals surface area contributed by atoms with Crippen LogP contribution in [-0.4, -0.2) is 15.8 Å². The van der Waals surface area contributed by atoms with Gasteiger partial charge in [-0.25, -0.2) is 0 Å². The molecular weight excluding hydrogens is 224 g/mol. The second kappa shape index (κ2) is 6.34. The highest BCUT2D eigenvalue weighted by atomic mass is 15.3. The minimum atomic E-state index is 0.321. The smallest absolute Gasteiger partial charge is 0.0640 e. The normalized spacial score (nSPS) is 20.2. The Bertz CT molecular complexity index is 354. The summed E-state index contributed by atoms with van der Waals surface area (Å²) in [6.45, 7) is 4.44. The number of nitrogens with one attached hydrogen (secondary N) is 1. The molecule has 0 amide bonds. The van der Waals surface area contributed by atoms with Crippen LogP contribution in [0.4, 0.5) is 0 Å². The SMILES string of the molecule is CCC(C)C(Cc1ccn(C2CCCC2)n1)NN. The first-order valence-corrected chi connectivity index (χ1v) is 7.24. The van der Waals surface area contributed by atoms with Gasteiger partial charge in [0.05, 0.1) is 11.7 Å². The quantitative estimate of drug-likeness (QED) is 0.602. The number of nitrogens with zero attached hydrogens (tertiary/aromatic N) is 2. The van der Waals surface area contributed by atoms with Crippen molar-refractivity contribution in [1.82, 2.24) is 15.2 Å². The van der Waals surface area contributed by atoms with Crippen molar-refractivity contribution in [3.63, 3.8) is 0 Å². The maximum atomic E-state index is 5.64. The third kappa shape index (κ3) is 3.12. The lowest BCUT2D eigenvalue weighted by atomic mass is 9.96. The summed E-state index contributed by atoms with van der Waals surface area (Å²) in [6.07, 6.45) is 9.45. The van der Waals surface area contributed by atoms with Crippen molar-refractivity contribution < 1.29 is 0 Å². The minimum absolute atomic E-state index is 0.321. The molecule has 0 aromatic carbocycles. The summed E-state index contributed by atoms with van der Waals surface area (Å²) >= 11 is 0. The van der Waals surface area contributed by atoms with E-state index in [1.165, 1.54) is 25.7 Å². The largest absolute Gasteiger partial charge is 0.271 e. The molecule has 2 rings (SSSR count). The van der Waals surface area contributed by atoms with Crippen molar-refractivity contribution in [2.24, 2.45) is 11.8 Å². The number of hydrogen-bond donors (Lipinski definition) is 2. The fraction of sp³-hybridized carbons (Fsp3) is 0.786. The Balaban J connectivity index is 1.96. The van der Waals surface area contributed by atoms with E-state index in [1.54, 1.807) is 0 Å². The Hall–Kier alpha value is -0.870. The van der Waals surface area contributed by atoms with Crippen LogP contribution < -0.4 is 11.3 Å². The molecule has 4 nitrogen and oxygen atoms in total. The lowest BCUT2D eigenvalue weighted by molar-refractivity contribution is 0.364. The van der Waals surface area contributed by atoms with E-state index in [9.17, 15) is 0 Å². The summed E-state index contributed by atoms with van der Waals surface area (Å²) in [6, 6.07) is 3.10. The van der Waals surface area contributed by atoms with Crippen LogP contribution in [0.25, 0.3) is 0 Å². The molecule has 2 unspecified atom stereocenters. The Labute approximate surface area is 110 Å². The molecule has 102 valence electrons. The molecule has 18 heavy (non-hydrogen) atoms. The van der Waals surface area contributed by atoms with E-state index in [1.807, 2.05) is 0 Å². The van der Waals surface area contributed by atoms with Crippen molar-refractivity contribution in [1.29, 1.82) is 0 Å². The topological polar surface area (TPSA) is 55.9 Å². The van der Waals surface area contributed by atoms with Gasteiger partial charge in [-0.05, 0) is 24.8 Å². The van der Waals surface area contributed by atoms with Gasteiger partial charge in [0.15, 0.2) is 0 Å². The van der Waals surface area contributed by atoms with Crippen molar-refractivity contribution in [3.8, 4) is 0 Å².